The van der Waals surface area contributed by atoms with Gasteiger partial charge in [0.2, 0.25) is 0 Å². The molecule has 2 aromatic rings. The van der Waals surface area contributed by atoms with Crippen molar-refractivity contribution in [2.24, 2.45) is 11.7 Å². The Hall–Kier alpha value is -2.47. The first-order valence-corrected chi connectivity index (χ1v) is 8.48. The third-order valence-electron chi connectivity index (χ3n) is 4.57. The highest BCUT2D eigenvalue weighted by atomic mass is 16.5. The number of nitrogens with two attached hydrogens (primary N) is 1. The third-order valence-corrected chi connectivity index (χ3v) is 4.57. The van der Waals surface area contributed by atoms with Crippen LogP contribution in [0, 0.1) is 5.92 Å². The van der Waals surface area contributed by atoms with Gasteiger partial charge in [0.15, 0.2) is 17.3 Å². The van der Waals surface area contributed by atoms with Crippen molar-refractivity contribution >= 4 is 5.91 Å². The van der Waals surface area contributed by atoms with E-state index in [1.54, 1.807) is 19.2 Å². The highest BCUT2D eigenvalue weighted by Gasteiger charge is 2.33. The van der Waals surface area contributed by atoms with E-state index >= 15 is 0 Å². The van der Waals surface area contributed by atoms with Gasteiger partial charge in [0, 0.05) is 12.6 Å². The van der Waals surface area contributed by atoms with Crippen LogP contribution in [0.25, 0.3) is 0 Å². The molecule has 2 N–H and O–H groups in total. The van der Waals surface area contributed by atoms with Crippen molar-refractivity contribution in [2.45, 2.75) is 26.0 Å². The average Bonchev–Trinajstić information content (AvgIpc) is 3.26. The largest absolute Gasteiger partial charge is 0.493 e. The standard InChI is InChI=1S/C19H24N2O4/c1-13-9-14(10-20)11-21(13)19(22)18-8-7-15(25-18)12-24-17-6-4-3-5-16(17)23-2/h3-8,13-14H,9-12,20H2,1-2H3. The predicted molar refractivity (Wildman–Crippen MR) is 93.7 cm³/mol. The summed E-state index contributed by atoms with van der Waals surface area (Å²) in [5.41, 5.74) is 5.73. The van der Waals surface area contributed by atoms with E-state index in [1.165, 1.54) is 0 Å². The second-order valence-electron chi connectivity index (χ2n) is 6.35. The molecule has 6 nitrogen and oxygen atoms in total. The lowest BCUT2D eigenvalue weighted by molar-refractivity contribution is 0.0707. The molecule has 1 aliphatic rings. The molecule has 25 heavy (non-hydrogen) atoms. The van der Waals surface area contributed by atoms with Crippen LogP contribution in [0.3, 0.4) is 0 Å². The van der Waals surface area contributed by atoms with Crippen LogP contribution in [0.1, 0.15) is 29.7 Å². The van der Waals surface area contributed by atoms with Gasteiger partial charge in [-0.2, -0.15) is 0 Å². The first-order valence-electron chi connectivity index (χ1n) is 8.48. The molecule has 3 rings (SSSR count). The van der Waals surface area contributed by atoms with E-state index in [1.807, 2.05) is 36.1 Å². The minimum atomic E-state index is -0.0907. The van der Waals surface area contributed by atoms with Gasteiger partial charge in [0.25, 0.3) is 5.91 Å². The van der Waals surface area contributed by atoms with Gasteiger partial charge in [0.1, 0.15) is 12.4 Å². The van der Waals surface area contributed by atoms with E-state index in [4.69, 9.17) is 19.6 Å². The molecular formula is C19H24N2O4. The summed E-state index contributed by atoms with van der Waals surface area (Å²) in [6.45, 7) is 3.56. The van der Waals surface area contributed by atoms with Crippen LogP contribution in [0.2, 0.25) is 0 Å². The molecule has 1 fully saturated rings. The van der Waals surface area contributed by atoms with E-state index in [-0.39, 0.29) is 18.6 Å². The SMILES string of the molecule is COc1ccccc1OCc1ccc(C(=O)N2CC(CN)CC2C)o1. The maximum Gasteiger partial charge on any atom is 0.289 e. The quantitative estimate of drug-likeness (QED) is 0.872. The van der Waals surface area contributed by atoms with Crippen molar-refractivity contribution in [3.05, 3.63) is 47.9 Å². The number of furan rings is 1. The maximum absolute atomic E-state index is 12.6. The first-order chi connectivity index (χ1) is 12.1. The number of benzene rings is 1. The Kier molecular flexibility index (Phi) is 5.28. The Labute approximate surface area is 147 Å². The Morgan fingerprint density at radius 2 is 2.04 bits per heavy atom. The van der Waals surface area contributed by atoms with Crippen molar-refractivity contribution in [1.82, 2.24) is 4.90 Å². The number of carbonyl (C=O) groups is 1. The molecule has 0 saturated carbocycles. The van der Waals surface area contributed by atoms with Gasteiger partial charge in [-0.3, -0.25) is 4.79 Å². The third kappa shape index (κ3) is 3.79. The summed E-state index contributed by atoms with van der Waals surface area (Å²) in [6.07, 6.45) is 0.937. The van der Waals surface area contributed by atoms with Gasteiger partial charge in [-0.25, -0.2) is 0 Å². The molecule has 1 saturated heterocycles. The van der Waals surface area contributed by atoms with Crippen LogP contribution in [-0.4, -0.2) is 37.0 Å². The van der Waals surface area contributed by atoms with Gasteiger partial charge in [-0.1, -0.05) is 12.1 Å². The fraction of sp³-hybridized carbons (Fsp3) is 0.421. The van der Waals surface area contributed by atoms with E-state index in [0.717, 1.165) is 6.42 Å². The highest BCUT2D eigenvalue weighted by Crippen LogP contribution is 2.28. The van der Waals surface area contributed by atoms with E-state index < -0.39 is 0 Å². The summed E-state index contributed by atoms with van der Waals surface area (Å²) in [7, 11) is 1.59. The lowest BCUT2D eigenvalue weighted by Crippen LogP contribution is -2.34. The molecule has 1 aromatic heterocycles. The van der Waals surface area contributed by atoms with Crippen LogP contribution < -0.4 is 15.2 Å². The number of hydrogen-bond donors (Lipinski definition) is 1. The fourth-order valence-electron chi connectivity index (χ4n) is 3.20. The monoisotopic (exact) mass is 344 g/mol. The zero-order valence-electron chi connectivity index (χ0n) is 14.6. The van der Waals surface area contributed by atoms with E-state index in [0.29, 0.717) is 42.0 Å². The highest BCUT2D eigenvalue weighted by molar-refractivity contribution is 5.92. The molecule has 2 heterocycles. The molecule has 1 aliphatic heterocycles. The van der Waals surface area contributed by atoms with Crippen molar-refractivity contribution in [3.8, 4) is 11.5 Å². The molecule has 134 valence electrons. The summed E-state index contributed by atoms with van der Waals surface area (Å²) in [6, 6.07) is 11.1. The zero-order valence-corrected chi connectivity index (χ0v) is 14.6. The first kappa shape index (κ1) is 17.4. The molecule has 1 aromatic carbocycles. The number of hydrogen-bond acceptors (Lipinski definition) is 5. The van der Waals surface area contributed by atoms with Crippen molar-refractivity contribution in [3.63, 3.8) is 0 Å². The minimum Gasteiger partial charge on any atom is -0.493 e. The number of ether oxygens (including phenoxy) is 2. The van der Waals surface area contributed by atoms with Gasteiger partial charge in [-0.15, -0.1) is 0 Å². The number of nitrogens with zero attached hydrogens (tertiary/aromatic N) is 1. The average molecular weight is 344 g/mol. The Balaban J connectivity index is 1.63. The molecular weight excluding hydrogens is 320 g/mol. The lowest BCUT2D eigenvalue weighted by atomic mass is 10.1. The molecule has 0 spiro atoms. The number of methoxy groups -OCH3 is 1. The number of carbonyl (C=O) groups excluding carboxylic acids is 1. The summed E-state index contributed by atoms with van der Waals surface area (Å²) in [5, 5.41) is 0. The van der Waals surface area contributed by atoms with Gasteiger partial charge >= 0.3 is 0 Å². The van der Waals surface area contributed by atoms with Crippen molar-refractivity contribution in [2.75, 3.05) is 20.2 Å². The normalized spacial score (nSPS) is 19.9. The van der Waals surface area contributed by atoms with Crippen molar-refractivity contribution in [1.29, 1.82) is 0 Å². The van der Waals surface area contributed by atoms with Crippen LogP contribution in [0.15, 0.2) is 40.8 Å². The molecule has 1 amide bonds. The van der Waals surface area contributed by atoms with Crippen LogP contribution in [0.4, 0.5) is 0 Å². The molecule has 2 unspecified atom stereocenters. The second-order valence-corrected chi connectivity index (χ2v) is 6.35. The summed E-state index contributed by atoms with van der Waals surface area (Å²) >= 11 is 0. The van der Waals surface area contributed by atoms with Crippen molar-refractivity contribution < 1.29 is 18.7 Å². The van der Waals surface area contributed by atoms with Gasteiger partial charge in [-0.05, 0) is 50.1 Å². The molecule has 6 heteroatoms. The topological polar surface area (TPSA) is 77.9 Å². The van der Waals surface area contributed by atoms with Crippen LogP contribution in [-0.2, 0) is 6.61 Å². The number of para-hydroxylation sites is 2. The zero-order chi connectivity index (χ0) is 17.8. The Bertz CT molecular complexity index is 728. The lowest BCUT2D eigenvalue weighted by Gasteiger charge is -2.20. The Morgan fingerprint density at radius 3 is 2.72 bits per heavy atom. The second kappa shape index (κ2) is 7.61. The minimum absolute atomic E-state index is 0.0907. The van der Waals surface area contributed by atoms with Crippen LogP contribution >= 0.6 is 0 Å². The number of rotatable bonds is 6. The summed E-state index contributed by atoms with van der Waals surface area (Å²) in [4.78, 5) is 14.5. The van der Waals surface area contributed by atoms with Gasteiger partial charge < -0.3 is 24.5 Å². The molecule has 2 atom stereocenters. The number of likely N-dealkylation sites (tertiary alicyclic amines) is 1. The van der Waals surface area contributed by atoms with Gasteiger partial charge in [0.05, 0.1) is 7.11 Å². The summed E-state index contributed by atoms with van der Waals surface area (Å²) in [5.74, 6) is 2.49. The summed E-state index contributed by atoms with van der Waals surface area (Å²) < 4.78 is 16.7. The molecule has 0 aliphatic carbocycles. The van der Waals surface area contributed by atoms with E-state index in [9.17, 15) is 4.79 Å². The predicted octanol–water partition coefficient (Wildman–Crippen LogP) is 2.68. The number of amides is 1. The Morgan fingerprint density at radius 1 is 1.28 bits per heavy atom. The fourth-order valence-corrected chi connectivity index (χ4v) is 3.20. The van der Waals surface area contributed by atoms with E-state index in [2.05, 4.69) is 0 Å². The molecule has 0 radical (unpaired) electrons. The van der Waals surface area contributed by atoms with Crippen LogP contribution in [0.5, 0.6) is 11.5 Å². The molecule has 0 bridgehead atoms. The maximum atomic E-state index is 12.6. The smallest absolute Gasteiger partial charge is 0.289 e.